The number of fused-ring (bicyclic) bond motifs is 1. The fraction of sp³-hybridized carbons (Fsp3) is 0.278. The molecule has 0 radical (unpaired) electrons. The molecule has 0 spiro atoms. The zero-order valence-corrected chi connectivity index (χ0v) is 14.9. The molecule has 1 N–H and O–H groups in total. The minimum Gasteiger partial charge on any atom is -0.497 e. The number of nitrogens with one attached hydrogen (secondary N) is 1. The Hall–Kier alpha value is -3.49. The van der Waals surface area contributed by atoms with Crippen molar-refractivity contribution in [2.75, 3.05) is 19.5 Å². The molecule has 0 fully saturated rings. The summed E-state index contributed by atoms with van der Waals surface area (Å²) in [5.74, 6) is 0.712. The summed E-state index contributed by atoms with van der Waals surface area (Å²) in [6.07, 6.45) is 5.98. The van der Waals surface area contributed by atoms with E-state index in [-0.39, 0.29) is 17.9 Å². The van der Waals surface area contributed by atoms with Crippen LogP contribution < -0.4 is 10.1 Å². The largest absolute Gasteiger partial charge is 0.497 e. The number of esters is 1. The molecule has 0 bridgehead atoms. The molecule has 4 rings (SSSR count). The number of benzene rings is 1. The lowest BCUT2D eigenvalue weighted by Crippen LogP contribution is -2.21. The van der Waals surface area contributed by atoms with E-state index < -0.39 is 0 Å². The summed E-state index contributed by atoms with van der Waals surface area (Å²) >= 11 is 0. The van der Waals surface area contributed by atoms with Crippen molar-refractivity contribution in [2.45, 2.75) is 12.5 Å². The lowest BCUT2D eigenvalue weighted by atomic mass is 10.1. The second kappa shape index (κ2) is 7.02. The van der Waals surface area contributed by atoms with Gasteiger partial charge in [-0.2, -0.15) is 9.67 Å². The first-order chi connectivity index (χ1) is 13.2. The van der Waals surface area contributed by atoms with Gasteiger partial charge in [-0.05, 0) is 30.7 Å². The molecule has 1 aliphatic rings. The van der Waals surface area contributed by atoms with Crippen LogP contribution in [-0.4, -0.2) is 51.2 Å². The quantitative estimate of drug-likeness (QED) is 0.538. The van der Waals surface area contributed by atoms with Gasteiger partial charge < -0.3 is 14.8 Å². The van der Waals surface area contributed by atoms with E-state index in [1.165, 1.54) is 7.11 Å². The van der Waals surface area contributed by atoms with E-state index in [0.717, 1.165) is 11.4 Å². The van der Waals surface area contributed by atoms with Gasteiger partial charge in [0.25, 0.3) is 0 Å². The third-order valence-electron chi connectivity index (χ3n) is 4.41. The highest BCUT2D eigenvalue weighted by atomic mass is 16.5. The Morgan fingerprint density at radius 1 is 1.22 bits per heavy atom. The predicted octanol–water partition coefficient (Wildman–Crippen LogP) is 1.75. The SMILES string of the molecule is COC(=O)[C@H]1C=C[C@@H](Nc2ncc3nnn(-c4ccc(OC)cc4)c3n2)C1. The zero-order chi connectivity index (χ0) is 18.8. The van der Waals surface area contributed by atoms with E-state index >= 15 is 0 Å². The first kappa shape index (κ1) is 17.0. The minimum atomic E-state index is -0.247. The first-order valence-corrected chi connectivity index (χ1v) is 8.43. The molecule has 0 aliphatic heterocycles. The van der Waals surface area contributed by atoms with Gasteiger partial charge >= 0.3 is 5.97 Å². The molecular formula is C18H18N6O3. The summed E-state index contributed by atoms with van der Waals surface area (Å²) in [6, 6.07) is 7.40. The van der Waals surface area contributed by atoms with Crippen LogP contribution in [0, 0.1) is 5.92 Å². The van der Waals surface area contributed by atoms with Crippen LogP contribution in [0.3, 0.4) is 0 Å². The monoisotopic (exact) mass is 366 g/mol. The van der Waals surface area contributed by atoms with Crippen molar-refractivity contribution in [2.24, 2.45) is 5.92 Å². The molecule has 2 atom stereocenters. The van der Waals surface area contributed by atoms with Gasteiger partial charge in [0, 0.05) is 6.04 Å². The molecule has 3 aromatic rings. The Morgan fingerprint density at radius 2 is 2.04 bits per heavy atom. The van der Waals surface area contributed by atoms with Gasteiger partial charge in [-0.15, -0.1) is 5.10 Å². The lowest BCUT2D eigenvalue weighted by Gasteiger charge is -2.12. The smallest absolute Gasteiger partial charge is 0.312 e. The van der Waals surface area contributed by atoms with Gasteiger partial charge in [0.05, 0.1) is 32.0 Å². The number of anilines is 1. The second-order valence-electron chi connectivity index (χ2n) is 6.10. The number of aromatic nitrogens is 5. The molecule has 27 heavy (non-hydrogen) atoms. The Morgan fingerprint density at radius 3 is 2.78 bits per heavy atom. The average molecular weight is 366 g/mol. The van der Waals surface area contributed by atoms with Gasteiger partial charge in [0.2, 0.25) is 5.95 Å². The first-order valence-electron chi connectivity index (χ1n) is 8.43. The van der Waals surface area contributed by atoms with Crippen LogP contribution >= 0.6 is 0 Å². The van der Waals surface area contributed by atoms with E-state index in [2.05, 4.69) is 25.6 Å². The summed E-state index contributed by atoms with van der Waals surface area (Å²) in [5.41, 5.74) is 1.99. The van der Waals surface area contributed by atoms with Crippen molar-refractivity contribution in [1.82, 2.24) is 25.0 Å². The maximum Gasteiger partial charge on any atom is 0.312 e. The van der Waals surface area contributed by atoms with E-state index in [1.54, 1.807) is 18.0 Å². The summed E-state index contributed by atoms with van der Waals surface area (Å²) in [6.45, 7) is 0. The predicted molar refractivity (Wildman–Crippen MR) is 97.7 cm³/mol. The zero-order valence-electron chi connectivity index (χ0n) is 14.9. The molecule has 1 aliphatic carbocycles. The van der Waals surface area contributed by atoms with Crippen LogP contribution in [0.4, 0.5) is 5.95 Å². The molecule has 9 heteroatoms. The van der Waals surface area contributed by atoms with E-state index in [4.69, 9.17) is 9.47 Å². The Bertz CT molecular complexity index is 998. The number of nitrogens with zero attached hydrogens (tertiary/aromatic N) is 5. The van der Waals surface area contributed by atoms with Crippen molar-refractivity contribution < 1.29 is 14.3 Å². The molecule has 9 nitrogen and oxygen atoms in total. The number of carbonyl (C=O) groups excluding carboxylic acids is 1. The van der Waals surface area contributed by atoms with Crippen LogP contribution in [0.15, 0.2) is 42.6 Å². The van der Waals surface area contributed by atoms with Gasteiger partial charge in [-0.1, -0.05) is 17.4 Å². The summed E-state index contributed by atoms with van der Waals surface area (Å²) in [4.78, 5) is 20.5. The summed E-state index contributed by atoms with van der Waals surface area (Å²) in [5, 5.41) is 11.5. The fourth-order valence-corrected chi connectivity index (χ4v) is 2.99. The number of methoxy groups -OCH3 is 2. The number of hydrogen-bond acceptors (Lipinski definition) is 8. The van der Waals surface area contributed by atoms with Crippen LogP contribution in [0.2, 0.25) is 0 Å². The highest BCUT2D eigenvalue weighted by Gasteiger charge is 2.26. The normalized spacial score (nSPS) is 18.6. The van der Waals surface area contributed by atoms with Gasteiger partial charge in [0.15, 0.2) is 11.2 Å². The Kier molecular flexibility index (Phi) is 4.41. The van der Waals surface area contributed by atoms with Crippen LogP contribution in [0.5, 0.6) is 5.75 Å². The van der Waals surface area contributed by atoms with Crippen molar-refractivity contribution in [3.8, 4) is 11.4 Å². The number of ether oxygens (including phenoxy) is 2. The molecule has 2 aromatic heterocycles. The van der Waals surface area contributed by atoms with E-state index in [9.17, 15) is 4.79 Å². The van der Waals surface area contributed by atoms with Crippen molar-refractivity contribution in [3.05, 3.63) is 42.6 Å². The van der Waals surface area contributed by atoms with Crippen LogP contribution in [0.25, 0.3) is 16.9 Å². The van der Waals surface area contributed by atoms with Crippen LogP contribution in [0.1, 0.15) is 6.42 Å². The van der Waals surface area contributed by atoms with Crippen LogP contribution in [-0.2, 0) is 9.53 Å². The molecule has 0 saturated carbocycles. The van der Waals surface area contributed by atoms with Gasteiger partial charge in [0.1, 0.15) is 5.75 Å². The van der Waals surface area contributed by atoms with Gasteiger partial charge in [-0.3, -0.25) is 4.79 Å². The van der Waals surface area contributed by atoms with Crippen molar-refractivity contribution >= 4 is 23.1 Å². The highest BCUT2D eigenvalue weighted by Crippen LogP contribution is 2.23. The molecule has 2 heterocycles. The number of carbonyl (C=O) groups is 1. The second-order valence-corrected chi connectivity index (χ2v) is 6.10. The summed E-state index contributed by atoms with van der Waals surface area (Å²) in [7, 11) is 3.01. The van der Waals surface area contributed by atoms with Crippen molar-refractivity contribution in [1.29, 1.82) is 0 Å². The van der Waals surface area contributed by atoms with Crippen molar-refractivity contribution in [3.63, 3.8) is 0 Å². The maximum absolute atomic E-state index is 11.6. The standard InChI is InChI=1S/C18H18N6O3/c1-26-14-7-5-13(6-8-14)24-16-15(22-23-24)10-19-18(21-16)20-12-4-3-11(9-12)17(25)27-2/h3-8,10-12H,9H2,1-2H3,(H,19,20,21)/t11-,12+/m0/s1. The lowest BCUT2D eigenvalue weighted by molar-refractivity contribution is -0.143. The highest BCUT2D eigenvalue weighted by molar-refractivity contribution is 5.75. The molecule has 0 saturated heterocycles. The molecule has 1 aromatic carbocycles. The molecular weight excluding hydrogens is 348 g/mol. The fourth-order valence-electron chi connectivity index (χ4n) is 2.99. The molecule has 138 valence electrons. The summed E-state index contributed by atoms with van der Waals surface area (Å²) < 4.78 is 11.6. The van der Waals surface area contributed by atoms with E-state index in [1.807, 2.05) is 36.4 Å². The van der Waals surface area contributed by atoms with E-state index in [0.29, 0.717) is 23.5 Å². The third kappa shape index (κ3) is 3.31. The average Bonchev–Trinajstić information content (AvgIpc) is 3.34. The Balaban J connectivity index is 1.57. The Labute approximate surface area is 155 Å². The minimum absolute atomic E-state index is 0.0446. The molecule has 0 unspecified atom stereocenters. The number of hydrogen-bond donors (Lipinski definition) is 1. The maximum atomic E-state index is 11.6. The third-order valence-corrected chi connectivity index (χ3v) is 4.41. The number of rotatable bonds is 5. The topological polar surface area (TPSA) is 104 Å². The molecule has 0 amide bonds. The van der Waals surface area contributed by atoms with Gasteiger partial charge in [-0.25, -0.2) is 4.98 Å².